The quantitative estimate of drug-likeness (QED) is 0.334. The van der Waals surface area contributed by atoms with Crippen LogP contribution in [0.25, 0.3) is 0 Å². The Bertz CT molecular complexity index is 280. The summed E-state index contributed by atoms with van der Waals surface area (Å²) in [5.41, 5.74) is -0.00365. The van der Waals surface area contributed by atoms with Gasteiger partial charge in [-0.1, -0.05) is 87.0 Å². The molecule has 0 amide bonds. The molecule has 0 aromatic rings. The molecule has 1 N–H and O–H groups in total. The molecule has 0 aliphatic heterocycles. The van der Waals surface area contributed by atoms with Crippen LogP contribution >= 0.6 is 0 Å². The van der Waals surface area contributed by atoms with Crippen LogP contribution in [0.15, 0.2) is 0 Å². The van der Waals surface area contributed by atoms with Gasteiger partial charge in [0.05, 0.1) is 17.8 Å². The van der Waals surface area contributed by atoms with Crippen molar-refractivity contribution in [1.29, 1.82) is 0 Å². The van der Waals surface area contributed by atoms with Crippen LogP contribution in [0.1, 0.15) is 113 Å². The van der Waals surface area contributed by atoms with Crippen molar-refractivity contribution in [2.45, 2.75) is 130 Å². The Labute approximate surface area is 152 Å². The van der Waals surface area contributed by atoms with Crippen LogP contribution in [0.4, 0.5) is 0 Å². The third kappa shape index (κ3) is 8.34. The lowest BCUT2D eigenvalue weighted by atomic mass is 9.87. The zero-order valence-electron chi connectivity index (χ0n) is 17.7. The van der Waals surface area contributed by atoms with E-state index in [0.29, 0.717) is 11.8 Å². The molecule has 2 nitrogen and oxygen atoms in total. The van der Waals surface area contributed by atoms with Crippen LogP contribution in [0.5, 0.6) is 0 Å². The first kappa shape index (κ1) is 23.9. The Morgan fingerprint density at radius 2 is 1.46 bits per heavy atom. The summed E-state index contributed by atoms with van der Waals surface area (Å²) in [4.78, 5) is 0. The third-order valence-electron chi connectivity index (χ3n) is 5.99. The molecular weight excluding hydrogens is 296 g/mol. The standard InChI is InChI=1S/C22H46O2/c1-8-13-14-15-16-22(11-4,12-5)24-21(18(6)7)17-20(23)19(9-2)10-3/h18-21,23H,8-17H2,1-7H3. The summed E-state index contributed by atoms with van der Waals surface area (Å²) in [5.74, 6) is 0.846. The number of ether oxygens (including phenoxy) is 1. The van der Waals surface area contributed by atoms with Crippen LogP contribution in [0.2, 0.25) is 0 Å². The summed E-state index contributed by atoms with van der Waals surface area (Å²) < 4.78 is 6.73. The summed E-state index contributed by atoms with van der Waals surface area (Å²) in [7, 11) is 0. The zero-order valence-corrected chi connectivity index (χ0v) is 17.7. The highest BCUT2D eigenvalue weighted by atomic mass is 16.5. The lowest BCUT2D eigenvalue weighted by Crippen LogP contribution is -2.40. The molecule has 146 valence electrons. The first-order valence-corrected chi connectivity index (χ1v) is 10.7. The maximum atomic E-state index is 10.6. The van der Waals surface area contributed by atoms with Gasteiger partial charge in [-0.3, -0.25) is 0 Å². The molecule has 0 radical (unpaired) electrons. The molecule has 2 unspecified atom stereocenters. The SMILES string of the molecule is CCCCCCC(CC)(CC)OC(CC(O)C(CC)CC)C(C)C. The average molecular weight is 343 g/mol. The van der Waals surface area contributed by atoms with Crippen molar-refractivity contribution in [1.82, 2.24) is 0 Å². The number of unbranched alkanes of at least 4 members (excludes halogenated alkanes) is 3. The molecule has 0 aliphatic rings. The molecule has 0 bridgehead atoms. The highest BCUT2D eigenvalue weighted by Crippen LogP contribution is 2.33. The molecule has 0 spiro atoms. The van der Waals surface area contributed by atoms with Crippen LogP contribution < -0.4 is 0 Å². The van der Waals surface area contributed by atoms with Crippen molar-refractivity contribution in [3.63, 3.8) is 0 Å². The summed E-state index contributed by atoms with van der Waals surface area (Å²) in [5, 5.41) is 10.6. The van der Waals surface area contributed by atoms with E-state index in [9.17, 15) is 5.11 Å². The Hall–Kier alpha value is -0.0800. The number of aliphatic hydroxyl groups excluding tert-OH is 1. The van der Waals surface area contributed by atoms with Crippen molar-refractivity contribution >= 4 is 0 Å². The van der Waals surface area contributed by atoms with Crippen LogP contribution in [-0.4, -0.2) is 22.9 Å². The maximum absolute atomic E-state index is 10.6. The van der Waals surface area contributed by atoms with Crippen molar-refractivity contribution in [3.8, 4) is 0 Å². The van der Waals surface area contributed by atoms with E-state index in [1.165, 1.54) is 25.7 Å². The Morgan fingerprint density at radius 3 is 1.88 bits per heavy atom. The van der Waals surface area contributed by atoms with Gasteiger partial charge in [0.1, 0.15) is 0 Å². The van der Waals surface area contributed by atoms with Gasteiger partial charge < -0.3 is 9.84 Å². The summed E-state index contributed by atoms with van der Waals surface area (Å²) in [6.45, 7) is 15.6. The minimum atomic E-state index is -0.237. The maximum Gasteiger partial charge on any atom is 0.0681 e. The Morgan fingerprint density at radius 1 is 0.875 bits per heavy atom. The van der Waals surface area contributed by atoms with Gasteiger partial charge in [-0.25, -0.2) is 0 Å². The van der Waals surface area contributed by atoms with Crippen molar-refractivity contribution in [2.24, 2.45) is 11.8 Å². The van der Waals surface area contributed by atoms with Gasteiger partial charge in [0.25, 0.3) is 0 Å². The topological polar surface area (TPSA) is 29.5 Å². The fourth-order valence-electron chi connectivity index (χ4n) is 3.74. The monoisotopic (exact) mass is 342 g/mol. The highest BCUT2D eigenvalue weighted by Gasteiger charge is 2.33. The molecule has 0 aromatic carbocycles. The molecule has 0 aromatic heterocycles. The minimum Gasteiger partial charge on any atom is -0.393 e. The molecule has 2 heteroatoms. The van der Waals surface area contributed by atoms with E-state index < -0.39 is 0 Å². The van der Waals surface area contributed by atoms with Gasteiger partial charge in [0.2, 0.25) is 0 Å². The van der Waals surface area contributed by atoms with E-state index >= 15 is 0 Å². The molecule has 0 heterocycles. The predicted octanol–water partition coefficient (Wildman–Crippen LogP) is 6.74. The van der Waals surface area contributed by atoms with E-state index in [-0.39, 0.29) is 17.8 Å². The smallest absolute Gasteiger partial charge is 0.0681 e. The number of hydrogen-bond acceptors (Lipinski definition) is 2. The van der Waals surface area contributed by atoms with Crippen LogP contribution in [0.3, 0.4) is 0 Å². The first-order valence-electron chi connectivity index (χ1n) is 10.7. The van der Waals surface area contributed by atoms with E-state index in [1.54, 1.807) is 0 Å². The van der Waals surface area contributed by atoms with Crippen molar-refractivity contribution in [2.75, 3.05) is 0 Å². The van der Waals surface area contributed by atoms with E-state index in [1.807, 2.05) is 0 Å². The Kier molecular flexibility index (Phi) is 13.1. The Balaban J connectivity index is 4.87. The molecular formula is C22H46O2. The van der Waals surface area contributed by atoms with Gasteiger partial charge in [0, 0.05) is 6.42 Å². The normalized spacial score (nSPS) is 15.2. The van der Waals surface area contributed by atoms with E-state index in [4.69, 9.17) is 4.74 Å². The second-order valence-corrected chi connectivity index (χ2v) is 7.98. The largest absolute Gasteiger partial charge is 0.393 e. The zero-order chi connectivity index (χ0) is 18.6. The van der Waals surface area contributed by atoms with E-state index in [0.717, 1.165) is 38.5 Å². The minimum absolute atomic E-state index is 0.00365. The fraction of sp³-hybridized carbons (Fsp3) is 1.00. The second-order valence-electron chi connectivity index (χ2n) is 7.98. The predicted molar refractivity (Wildman–Crippen MR) is 106 cm³/mol. The van der Waals surface area contributed by atoms with Crippen LogP contribution in [-0.2, 0) is 4.74 Å². The third-order valence-corrected chi connectivity index (χ3v) is 5.99. The molecule has 2 atom stereocenters. The van der Waals surface area contributed by atoms with Gasteiger partial charge in [0.15, 0.2) is 0 Å². The lowest BCUT2D eigenvalue weighted by molar-refractivity contribution is -0.135. The lowest BCUT2D eigenvalue weighted by Gasteiger charge is -2.39. The summed E-state index contributed by atoms with van der Waals surface area (Å²) >= 11 is 0. The fourth-order valence-corrected chi connectivity index (χ4v) is 3.74. The van der Waals surface area contributed by atoms with E-state index in [2.05, 4.69) is 48.5 Å². The molecule has 0 rings (SSSR count). The molecule has 0 saturated heterocycles. The summed E-state index contributed by atoms with van der Waals surface area (Å²) in [6, 6.07) is 0. The first-order chi connectivity index (χ1) is 11.4. The van der Waals surface area contributed by atoms with Gasteiger partial charge in [-0.05, 0) is 31.1 Å². The second kappa shape index (κ2) is 13.2. The molecule has 0 aliphatic carbocycles. The highest BCUT2D eigenvalue weighted by molar-refractivity contribution is 4.82. The summed E-state index contributed by atoms with van der Waals surface area (Å²) in [6.07, 6.45) is 11.3. The average Bonchev–Trinajstić information content (AvgIpc) is 2.57. The number of rotatable bonds is 15. The molecule has 0 saturated carbocycles. The number of aliphatic hydroxyl groups is 1. The van der Waals surface area contributed by atoms with Gasteiger partial charge in [-0.2, -0.15) is 0 Å². The molecule has 24 heavy (non-hydrogen) atoms. The van der Waals surface area contributed by atoms with Gasteiger partial charge in [-0.15, -0.1) is 0 Å². The van der Waals surface area contributed by atoms with Crippen molar-refractivity contribution in [3.05, 3.63) is 0 Å². The van der Waals surface area contributed by atoms with Crippen molar-refractivity contribution < 1.29 is 9.84 Å². The van der Waals surface area contributed by atoms with Gasteiger partial charge >= 0.3 is 0 Å². The van der Waals surface area contributed by atoms with Crippen LogP contribution in [0, 0.1) is 11.8 Å². The molecule has 0 fully saturated rings. The number of hydrogen-bond donors (Lipinski definition) is 1.